The number of carbonyl (C=O) groups excluding carboxylic acids is 1. The lowest BCUT2D eigenvalue weighted by molar-refractivity contribution is 0.0780. The molecule has 0 aliphatic carbocycles. The topological polar surface area (TPSA) is 89.5 Å². The fourth-order valence-electron chi connectivity index (χ4n) is 4.23. The highest BCUT2D eigenvalue weighted by molar-refractivity contribution is 5.98. The second-order valence-corrected chi connectivity index (χ2v) is 7.30. The molecular weight excluding hydrogens is 330 g/mol. The maximum atomic E-state index is 13.3. The van der Waals surface area contributed by atoms with Gasteiger partial charge >= 0.3 is 0 Å². The van der Waals surface area contributed by atoms with E-state index in [0.29, 0.717) is 29.8 Å². The molecule has 0 spiro atoms. The zero-order valence-electron chi connectivity index (χ0n) is 14.3. The summed E-state index contributed by atoms with van der Waals surface area (Å²) in [5.74, 6) is 2.15. The Kier molecular flexibility index (Phi) is 3.58. The van der Waals surface area contributed by atoms with Crippen LogP contribution in [-0.4, -0.2) is 47.1 Å². The van der Waals surface area contributed by atoms with E-state index in [1.165, 1.54) is 0 Å². The number of likely N-dealkylation sites (tertiary alicyclic amines) is 1. The number of aromatic nitrogens is 1. The second kappa shape index (κ2) is 5.96. The van der Waals surface area contributed by atoms with Gasteiger partial charge in [0.25, 0.3) is 5.91 Å². The highest BCUT2D eigenvalue weighted by Crippen LogP contribution is 2.32. The maximum absolute atomic E-state index is 13.3. The summed E-state index contributed by atoms with van der Waals surface area (Å²) in [6.45, 7) is 4.24. The zero-order valence-corrected chi connectivity index (χ0v) is 14.3. The molecule has 2 aromatic rings. The monoisotopic (exact) mass is 351 g/mol. The molecule has 26 heavy (non-hydrogen) atoms. The van der Waals surface area contributed by atoms with Gasteiger partial charge in [-0.25, -0.2) is 10.4 Å². The number of hydrogen-bond acceptors (Lipinski definition) is 6. The Morgan fingerprint density at radius 3 is 2.62 bits per heavy atom. The van der Waals surface area contributed by atoms with E-state index in [2.05, 4.69) is 21.2 Å². The Bertz CT molecular complexity index is 855. The summed E-state index contributed by atoms with van der Waals surface area (Å²) in [5, 5.41) is 12.9. The van der Waals surface area contributed by atoms with Crippen LogP contribution in [0.3, 0.4) is 0 Å². The van der Waals surface area contributed by atoms with Gasteiger partial charge in [-0.05, 0) is 42.2 Å². The third kappa shape index (κ3) is 2.51. The largest absolute Gasteiger partial charge is 0.508 e. The van der Waals surface area contributed by atoms with Crippen molar-refractivity contribution in [2.24, 2.45) is 11.8 Å². The summed E-state index contributed by atoms with van der Waals surface area (Å²) in [5.41, 5.74) is 9.36. The Hall–Kier alpha value is -2.64. The number of carbonyl (C=O) groups is 1. The van der Waals surface area contributed by atoms with Gasteiger partial charge in [0.05, 0.1) is 5.69 Å². The molecule has 1 aromatic carbocycles. The van der Waals surface area contributed by atoms with Crippen LogP contribution in [0.1, 0.15) is 15.9 Å². The van der Waals surface area contributed by atoms with Crippen molar-refractivity contribution < 1.29 is 9.90 Å². The van der Waals surface area contributed by atoms with E-state index in [1.54, 1.807) is 12.1 Å². The average molecular weight is 351 g/mol. The third-order valence-electron chi connectivity index (χ3n) is 5.67. The predicted molar refractivity (Wildman–Crippen MR) is 97.6 cm³/mol. The lowest BCUT2D eigenvalue weighted by atomic mass is 10.0. The average Bonchev–Trinajstić information content (AvgIpc) is 3.36. The summed E-state index contributed by atoms with van der Waals surface area (Å²) in [7, 11) is 0. The molecule has 1 aromatic heterocycles. The van der Waals surface area contributed by atoms with Crippen molar-refractivity contribution >= 4 is 11.7 Å². The van der Waals surface area contributed by atoms with Gasteiger partial charge in [-0.2, -0.15) is 0 Å². The van der Waals surface area contributed by atoms with Gasteiger partial charge in [0, 0.05) is 49.4 Å². The van der Waals surface area contributed by atoms with Crippen LogP contribution in [0.15, 0.2) is 30.3 Å². The van der Waals surface area contributed by atoms with Crippen molar-refractivity contribution in [3.05, 3.63) is 41.5 Å². The molecule has 2 fully saturated rings. The molecule has 134 valence electrons. The van der Waals surface area contributed by atoms with Gasteiger partial charge in [-0.3, -0.25) is 4.79 Å². The molecule has 0 radical (unpaired) electrons. The molecule has 3 aliphatic rings. The normalized spacial score (nSPS) is 23.6. The Morgan fingerprint density at radius 1 is 1.15 bits per heavy atom. The second-order valence-electron chi connectivity index (χ2n) is 7.30. The van der Waals surface area contributed by atoms with Gasteiger partial charge in [0.1, 0.15) is 11.6 Å². The van der Waals surface area contributed by atoms with E-state index in [4.69, 9.17) is 0 Å². The molecular formula is C19H21N5O2. The van der Waals surface area contributed by atoms with E-state index >= 15 is 0 Å². The number of phenolic OH excluding ortho intramolecular Hbond substituents is 1. The van der Waals surface area contributed by atoms with Crippen LogP contribution >= 0.6 is 0 Å². The molecule has 0 saturated carbocycles. The van der Waals surface area contributed by atoms with E-state index < -0.39 is 0 Å². The molecule has 1 amide bonds. The van der Waals surface area contributed by atoms with E-state index in [1.807, 2.05) is 23.1 Å². The molecule has 3 aliphatic heterocycles. The van der Waals surface area contributed by atoms with E-state index in [-0.39, 0.29) is 11.7 Å². The number of aromatic hydroxyl groups is 1. The Morgan fingerprint density at radius 2 is 1.88 bits per heavy atom. The quantitative estimate of drug-likeness (QED) is 0.650. The van der Waals surface area contributed by atoms with Crippen LogP contribution < -0.4 is 16.2 Å². The minimum Gasteiger partial charge on any atom is -0.508 e. The smallest absolute Gasteiger partial charge is 0.254 e. The van der Waals surface area contributed by atoms with Crippen molar-refractivity contribution in [1.82, 2.24) is 20.6 Å². The van der Waals surface area contributed by atoms with Crippen LogP contribution in [0.2, 0.25) is 0 Å². The first-order valence-corrected chi connectivity index (χ1v) is 9.01. The van der Waals surface area contributed by atoms with Gasteiger partial charge < -0.3 is 20.7 Å². The molecule has 4 N–H and O–H groups in total. The van der Waals surface area contributed by atoms with E-state index in [9.17, 15) is 9.90 Å². The van der Waals surface area contributed by atoms with Gasteiger partial charge in [0.2, 0.25) is 0 Å². The number of pyridine rings is 1. The number of nitrogens with one attached hydrogen (secondary N) is 3. The third-order valence-corrected chi connectivity index (χ3v) is 5.67. The summed E-state index contributed by atoms with van der Waals surface area (Å²) >= 11 is 0. The van der Waals surface area contributed by atoms with Crippen molar-refractivity contribution in [2.45, 2.75) is 6.54 Å². The predicted octanol–water partition coefficient (Wildman–Crippen LogP) is 1.18. The molecule has 7 heteroatoms. The number of hydrazine groups is 1. The molecule has 2 atom stereocenters. The van der Waals surface area contributed by atoms with Crippen molar-refractivity contribution in [2.75, 3.05) is 31.6 Å². The number of hydrogen-bond donors (Lipinski definition) is 4. The summed E-state index contributed by atoms with van der Waals surface area (Å²) in [4.78, 5) is 19.9. The standard InChI is InChI=1S/C19H21N5O2/c25-14-3-1-11(2-4-14)17-5-15(16-8-21-23-18(16)22-17)19(26)24-9-12-6-20-7-13(12)10-24/h1-5,12-13,20-21,25H,6-10H2,(H,22,23). The van der Waals surface area contributed by atoms with Crippen LogP contribution in [0.25, 0.3) is 11.3 Å². The molecule has 7 nitrogen and oxygen atoms in total. The van der Waals surface area contributed by atoms with Crippen LogP contribution in [0.4, 0.5) is 5.82 Å². The number of fused-ring (bicyclic) bond motifs is 2. The SMILES string of the molecule is O=C(c1cc(-c2ccc(O)cc2)nc2c1CNN2)N1CC2CNCC2C1. The Labute approximate surface area is 151 Å². The minimum absolute atomic E-state index is 0.0866. The number of nitrogens with zero attached hydrogens (tertiary/aromatic N) is 2. The first kappa shape index (κ1) is 15.6. The van der Waals surface area contributed by atoms with Crippen LogP contribution in [0.5, 0.6) is 5.75 Å². The maximum Gasteiger partial charge on any atom is 0.254 e. The number of amides is 1. The number of phenols is 1. The zero-order chi connectivity index (χ0) is 17.7. The minimum atomic E-state index is 0.0866. The van der Waals surface area contributed by atoms with Gasteiger partial charge in [-0.15, -0.1) is 0 Å². The number of rotatable bonds is 2. The first-order chi connectivity index (χ1) is 12.7. The van der Waals surface area contributed by atoms with Crippen molar-refractivity contribution in [3.63, 3.8) is 0 Å². The van der Waals surface area contributed by atoms with E-state index in [0.717, 1.165) is 43.0 Å². The van der Waals surface area contributed by atoms with Crippen LogP contribution in [0, 0.1) is 11.8 Å². The molecule has 4 heterocycles. The lowest BCUT2D eigenvalue weighted by Crippen LogP contribution is -2.32. The molecule has 0 bridgehead atoms. The van der Waals surface area contributed by atoms with Gasteiger partial charge in [0.15, 0.2) is 0 Å². The summed E-state index contributed by atoms with van der Waals surface area (Å²) in [6, 6.07) is 8.77. The Balaban J connectivity index is 1.51. The number of anilines is 1. The lowest BCUT2D eigenvalue weighted by Gasteiger charge is -2.19. The highest BCUT2D eigenvalue weighted by Gasteiger charge is 2.39. The van der Waals surface area contributed by atoms with Crippen LogP contribution in [-0.2, 0) is 6.54 Å². The fraction of sp³-hybridized carbons (Fsp3) is 0.368. The fourth-order valence-corrected chi connectivity index (χ4v) is 4.23. The highest BCUT2D eigenvalue weighted by atomic mass is 16.3. The first-order valence-electron chi connectivity index (χ1n) is 9.01. The summed E-state index contributed by atoms with van der Waals surface area (Å²) in [6.07, 6.45) is 0. The van der Waals surface area contributed by atoms with Crippen molar-refractivity contribution in [3.8, 4) is 17.0 Å². The summed E-state index contributed by atoms with van der Waals surface area (Å²) < 4.78 is 0. The molecule has 5 rings (SSSR count). The number of benzene rings is 1. The molecule has 2 unspecified atom stereocenters. The van der Waals surface area contributed by atoms with Gasteiger partial charge in [-0.1, -0.05) is 0 Å². The molecule has 2 saturated heterocycles. The van der Waals surface area contributed by atoms with Crippen molar-refractivity contribution in [1.29, 1.82) is 0 Å².